The molecule has 0 fully saturated rings. The molecule has 1 aliphatic heterocycles. The molecule has 2 heterocycles. The fraction of sp³-hybridized carbons (Fsp3) is 0.158. The summed E-state index contributed by atoms with van der Waals surface area (Å²) in [7, 11) is 0. The highest BCUT2D eigenvalue weighted by Gasteiger charge is 2.28. The number of benzene rings is 2. The van der Waals surface area contributed by atoms with Gasteiger partial charge in [-0.25, -0.2) is 13.8 Å². The number of aromatic amines is 1. The Balaban J connectivity index is 1.44. The minimum absolute atomic E-state index is 0.0271. The summed E-state index contributed by atoms with van der Waals surface area (Å²) in [5.41, 5.74) is 0.849. The number of anilines is 2. The summed E-state index contributed by atoms with van der Waals surface area (Å²) in [5.74, 6) is -2.11. The normalized spacial score (nSPS) is 15.7. The number of para-hydroxylation sites is 1. The van der Waals surface area contributed by atoms with Crippen LogP contribution in [-0.2, 0) is 11.2 Å². The van der Waals surface area contributed by atoms with Crippen LogP contribution in [0.4, 0.5) is 20.2 Å². The molecule has 0 spiro atoms. The summed E-state index contributed by atoms with van der Waals surface area (Å²) in [4.78, 5) is 28.8. The molecular weight excluding hydrogens is 382 g/mol. The Hall–Kier alpha value is -3.82. The zero-order valence-corrected chi connectivity index (χ0v) is 15.0. The number of hydrogen-bond acceptors (Lipinski definition) is 5. The van der Waals surface area contributed by atoms with Gasteiger partial charge >= 0.3 is 0 Å². The second kappa shape index (κ2) is 7.66. The van der Waals surface area contributed by atoms with Crippen LogP contribution in [0.1, 0.15) is 22.0 Å². The minimum Gasteiger partial charge on any atom is -0.381 e. The summed E-state index contributed by atoms with van der Waals surface area (Å²) >= 11 is 0. The number of nitrogens with zero attached hydrogens (tertiary/aromatic N) is 2. The molecule has 1 atom stereocenters. The fourth-order valence-corrected chi connectivity index (χ4v) is 2.95. The van der Waals surface area contributed by atoms with Gasteiger partial charge in [-0.1, -0.05) is 24.3 Å². The topological polar surface area (TPSA) is 112 Å². The van der Waals surface area contributed by atoms with Crippen molar-refractivity contribution in [2.75, 3.05) is 17.2 Å². The predicted octanol–water partition coefficient (Wildman–Crippen LogP) is 1.84. The maximum absolute atomic E-state index is 13.9. The number of carbonyl (C=O) groups is 2. The van der Waals surface area contributed by atoms with E-state index in [1.54, 1.807) is 24.3 Å². The van der Waals surface area contributed by atoms with Crippen LogP contribution in [0.3, 0.4) is 0 Å². The second-order valence-corrected chi connectivity index (χ2v) is 6.43. The highest BCUT2D eigenvalue weighted by atomic mass is 19.1. The van der Waals surface area contributed by atoms with Gasteiger partial charge < -0.3 is 16.0 Å². The Morgan fingerprint density at radius 2 is 1.93 bits per heavy atom. The van der Waals surface area contributed by atoms with Gasteiger partial charge in [0.25, 0.3) is 5.91 Å². The number of nitrogens with one attached hydrogen (secondary N) is 4. The van der Waals surface area contributed by atoms with Gasteiger partial charge in [-0.2, -0.15) is 0 Å². The lowest BCUT2D eigenvalue weighted by Crippen LogP contribution is -2.47. The number of amides is 2. The lowest BCUT2D eigenvalue weighted by Gasteiger charge is -2.14. The number of rotatable bonds is 4. The third-order valence-electron chi connectivity index (χ3n) is 4.43. The first kappa shape index (κ1) is 18.5. The molecule has 148 valence electrons. The van der Waals surface area contributed by atoms with Crippen LogP contribution < -0.4 is 16.0 Å². The first-order valence-corrected chi connectivity index (χ1v) is 8.80. The van der Waals surface area contributed by atoms with E-state index in [0.29, 0.717) is 17.1 Å². The Bertz CT molecular complexity index is 1080. The minimum atomic E-state index is -0.970. The van der Waals surface area contributed by atoms with Crippen molar-refractivity contribution in [3.8, 4) is 0 Å². The van der Waals surface area contributed by atoms with Crippen molar-refractivity contribution in [2.45, 2.75) is 12.5 Å². The molecule has 3 aromatic rings. The molecule has 1 aliphatic rings. The molecule has 1 unspecified atom stereocenters. The standard InChI is InChI=1S/C19H16F2N6O2/c20-11-5-2-1-4-10(11)8-15-24-17(27-26-15)19(29)23-14-9-22-13-7-3-6-12(21)16(13)25-18(14)28/h1-7,14,22H,8-9H2,(H,23,29)(H,25,28)(H,24,26,27). The monoisotopic (exact) mass is 398 g/mol. The molecule has 10 heteroatoms. The van der Waals surface area contributed by atoms with Gasteiger partial charge in [-0.3, -0.25) is 14.7 Å². The Morgan fingerprint density at radius 1 is 1.14 bits per heavy atom. The maximum Gasteiger partial charge on any atom is 0.291 e. The zero-order valence-electron chi connectivity index (χ0n) is 15.0. The number of H-pyrrole nitrogens is 1. The maximum atomic E-state index is 13.9. The van der Waals surface area contributed by atoms with Crippen molar-refractivity contribution in [1.29, 1.82) is 0 Å². The third kappa shape index (κ3) is 3.91. The summed E-state index contributed by atoms with van der Waals surface area (Å²) in [6.07, 6.45) is 0.132. The number of carbonyl (C=O) groups excluding carboxylic acids is 2. The molecule has 0 saturated heterocycles. The number of fused-ring (bicyclic) bond motifs is 1. The van der Waals surface area contributed by atoms with Crippen LogP contribution >= 0.6 is 0 Å². The molecule has 4 rings (SSSR count). The van der Waals surface area contributed by atoms with Crippen molar-refractivity contribution in [2.24, 2.45) is 0 Å². The average molecular weight is 398 g/mol. The van der Waals surface area contributed by atoms with Gasteiger partial charge in [0, 0.05) is 13.0 Å². The van der Waals surface area contributed by atoms with E-state index in [-0.39, 0.29) is 30.3 Å². The predicted molar refractivity (Wildman–Crippen MR) is 100 cm³/mol. The van der Waals surface area contributed by atoms with Gasteiger partial charge in [-0.15, -0.1) is 5.10 Å². The molecule has 8 nitrogen and oxygen atoms in total. The Morgan fingerprint density at radius 3 is 2.76 bits per heavy atom. The average Bonchev–Trinajstić information content (AvgIpc) is 3.11. The van der Waals surface area contributed by atoms with Gasteiger partial charge in [0.05, 0.1) is 5.69 Å². The summed E-state index contributed by atoms with van der Waals surface area (Å²) < 4.78 is 27.6. The summed E-state index contributed by atoms with van der Waals surface area (Å²) in [5, 5.41) is 14.3. The highest BCUT2D eigenvalue weighted by Crippen LogP contribution is 2.26. The van der Waals surface area contributed by atoms with Crippen LogP contribution in [0.25, 0.3) is 0 Å². The molecule has 29 heavy (non-hydrogen) atoms. The number of hydrogen-bond donors (Lipinski definition) is 4. The third-order valence-corrected chi connectivity index (χ3v) is 4.43. The van der Waals surface area contributed by atoms with E-state index >= 15 is 0 Å². The van der Waals surface area contributed by atoms with E-state index in [4.69, 9.17) is 0 Å². The van der Waals surface area contributed by atoms with E-state index in [2.05, 4.69) is 31.1 Å². The quantitative estimate of drug-likeness (QED) is 0.536. The van der Waals surface area contributed by atoms with Crippen molar-refractivity contribution in [3.05, 3.63) is 71.3 Å². The molecule has 0 aliphatic carbocycles. The largest absolute Gasteiger partial charge is 0.381 e. The summed E-state index contributed by atoms with van der Waals surface area (Å²) in [6, 6.07) is 9.60. The second-order valence-electron chi connectivity index (χ2n) is 6.43. The molecule has 2 amide bonds. The number of aromatic nitrogens is 3. The SMILES string of the molecule is O=C(NC1CNc2cccc(F)c2NC1=O)c1n[nH]c(Cc2ccccc2F)n1. The Kier molecular flexibility index (Phi) is 4.90. The molecule has 1 aromatic heterocycles. The van der Waals surface area contributed by atoms with E-state index in [9.17, 15) is 18.4 Å². The molecule has 4 N–H and O–H groups in total. The van der Waals surface area contributed by atoms with Gasteiger partial charge in [0.15, 0.2) is 0 Å². The van der Waals surface area contributed by atoms with Crippen molar-refractivity contribution in [1.82, 2.24) is 20.5 Å². The molecule has 0 saturated carbocycles. The molecular formula is C19H16F2N6O2. The van der Waals surface area contributed by atoms with Crippen LogP contribution in [0.15, 0.2) is 42.5 Å². The molecule has 2 aromatic carbocycles. The molecule has 0 bridgehead atoms. The lowest BCUT2D eigenvalue weighted by molar-refractivity contribution is -0.117. The van der Waals surface area contributed by atoms with Crippen molar-refractivity contribution >= 4 is 23.2 Å². The van der Waals surface area contributed by atoms with Gasteiger partial charge in [0.2, 0.25) is 11.7 Å². The van der Waals surface area contributed by atoms with E-state index in [1.165, 1.54) is 18.2 Å². The van der Waals surface area contributed by atoms with Crippen LogP contribution in [0.5, 0.6) is 0 Å². The van der Waals surface area contributed by atoms with Crippen LogP contribution in [0.2, 0.25) is 0 Å². The first-order chi connectivity index (χ1) is 14.0. The summed E-state index contributed by atoms with van der Waals surface area (Å²) in [6.45, 7) is 0.0561. The lowest BCUT2D eigenvalue weighted by atomic mass is 10.1. The number of halogens is 2. The van der Waals surface area contributed by atoms with E-state index < -0.39 is 23.7 Å². The Labute approximate surface area is 163 Å². The van der Waals surface area contributed by atoms with Crippen molar-refractivity contribution < 1.29 is 18.4 Å². The smallest absolute Gasteiger partial charge is 0.291 e. The van der Waals surface area contributed by atoms with Crippen LogP contribution in [-0.4, -0.2) is 39.6 Å². The molecule has 0 radical (unpaired) electrons. The highest BCUT2D eigenvalue weighted by molar-refractivity contribution is 6.02. The zero-order chi connectivity index (χ0) is 20.4. The first-order valence-electron chi connectivity index (χ1n) is 8.80. The van der Waals surface area contributed by atoms with E-state index in [1.807, 2.05) is 0 Å². The van der Waals surface area contributed by atoms with E-state index in [0.717, 1.165) is 0 Å². The van der Waals surface area contributed by atoms with Gasteiger partial charge in [-0.05, 0) is 23.8 Å². The van der Waals surface area contributed by atoms with Gasteiger partial charge in [0.1, 0.15) is 29.2 Å². The van der Waals surface area contributed by atoms with Crippen molar-refractivity contribution in [3.63, 3.8) is 0 Å². The fourth-order valence-electron chi connectivity index (χ4n) is 2.95. The van der Waals surface area contributed by atoms with Crippen LogP contribution in [0, 0.1) is 11.6 Å².